The monoisotopic (exact) mass is 368 g/mol. The van der Waals surface area contributed by atoms with Gasteiger partial charge in [0.15, 0.2) is 12.1 Å². The van der Waals surface area contributed by atoms with Crippen molar-refractivity contribution < 1.29 is 9.59 Å². The molecule has 1 fully saturated rings. The van der Waals surface area contributed by atoms with Gasteiger partial charge in [0.25, 0.3) is 11.8 Å². The van der Waals surface area contributed by atoms with Crippen molar-refractivity contribution in [2.45, 2.75) is 32.0 Å². The first kappa shape index (κ1) is 16.7. The molecule has 0 saturated carbocycles. The van der Waals surface area contributed by atoms with Crippen LogP contribution in [0.15, 0.2) is 58.9 Å². The second-order valence-corrected chi connectivity index (χ2v) is 6.72. The van der Waals surface area contributed by atoms with Crippen LogP contribution in [0.25, 0.3) is 0 Å². The Kier molecular flexibility index (Phi) is 4.20. The van der Waals surface area contributed by atoms with Gasteiger partial charge in [0.2, 0.25) is 0 Å². The van der Waals surface area contributed by atoms with E-state index in [0.29, 0.717) is 17.3 Å². The maximum absolute atomic E-state index is 12.9. The molecule has 4 rings (SSSR count). The highest BCUT2D eigenvalue weighted by Crippen LogP contribution is 2.33. The molecule has 0 radical (unpaired) electrons. The number of carbonyl (C=O) groups excluding carboxylic acids is 2. The van der Waals surface area contributed by atoms with Gasteiger partial charge in [-0.1, -0.05) is 54.1 Å². The van der Waals surface area contributed by atoms with Crippen LogP contribution in [0.2, 0.25) is 5.02 Å². The van der Waals surface area contributed by atoms with E-state index in [1.807, 2.05) is 30.3 Å². The van der Waals surface area contributed by atoms with Gasteiger partial charge in [-0.05, 0) is 35.7 Å². The number of carbonyl (C=O) groups is 2. The normalized spacial score (nSPS) is 21.6. The fourth-order valence-corrected chi connectivity index (χ4v) is 3.49. The van der Waals surface area contributed by atoms with E-state index in [9.17, 15) is 9.59 Å². The number of amides is 2. The second-order valence-electron chi connectivity index (χ2n) is 6.32. The minimum Gasteiger partial charge on any atom is -0.271 e. The van der Waals surface area contributed by atoms with Crippen molar-refractivity contribution in [2.24, 2.45) is 10.3 Å². The van der Waals surface area contributed by atoms with Crippen LogP contribution < -0.4 is 4.90 Å². The number of rotatable bonds is 4. The van der Waals surface area contributed by atoms with Gasteiger partial charge in [0.1, 0.15) is 0 Å². The highest BCUT2D eigenvalue weighted by molar-refractivity contribution is 6.31. The van der Waals surface area contributed by atoms with E-state index < -0.39 is 12.1 Å². The fourth-order valence-electron chi connectivity index (χ4n) is 3.29. The lowest BCUT2D eigenvalue weighted by molar-refractivity contribution is -0.123. The van der Waals surface area contributed by atoms with Crippen LogP contribution in [0, 0.1) is 0 Å². The standard InChI is InChI=1S/C19H17ClN4O2/c1-2-12-7-9-14(10-8-12)24-18(25)16-17(19(24)26)23(22-21-16)11-13-5-3-4-6-15(13)20/h3-10,16-17H,2,11H2,1H3/t16-,17-/m1/s1. The van der Waals surface area contributed by atoms with Gasteiger partial charge in [-0.2, -0.15) is 5.11 Å². The summed E-state index contributed by atoms with van der Waals surface area (Å²) in [5.74, 6) is -0.643. The number of aryl methyl sites for hydroxylation is 1. The number of benzene rings is 2. The Hall–Kier alpha value is -2.73. The molecule has 0 aromatic heterocycles. The third kappa shape index (κ3) is 2.66. The molecule has 26 heavy (non-hydrogen) atoms. The summed E-state index contributed by atoms with van der Waals surface area (Å²) in [5.41, 5.74) is 2.55. The lowest BCUT2D eigenvalue weighted by Gasteiger charge is -2.21. The summed E-state index contributed by atoms with van der Waals surface area (Å²) in [6, 6.07) is 13.3. The third-order valence-electron chi connectivity index (χ3n) is 4.75. The Morgan fingerprint density at radius 1 is 1.04 bits per heavy atom. The summed E-state index contributed by atoms with van der Waals surface area (Å²) in [6.07, 6.45) is 0.896. The predicted octanol–water partition coefficient (Wildman–Crippen LogP) is 3.40. The van der Waals surface area contributed by atoms with Crippen molar-refractivity contribution in [1.82, 2.24) is 5.01 Å². The minimum atomic E-state index is -0.796. The van der Waals surface area contributed by atoms with Crippen molar-refractivity contribution in [2.75, 3.05) is 4.90 Å². The predicted molar refractivity (Wildman–Crippen MR) is 97.7 cm³/mol. The number of nitrogens with zero attached hydrogens (tertiary/aromatic N) is 4. The molecule has 2 aliphatic rings. The molecule has 2 heterocycles. The van der Waals surface area contributed by atoms with Crippen molar-refractivity contribution in [3.05, 3.63) is 64.7 Å². The molecule has 0 aliphatic carbocycles. The minimum absolute atomic E-state index is 0.304. The van der Waals surface area contributed by atoms with Crippen LogP contribution in [0.3, 0.4) is 0 Å². The lowest BCUT2D eigenvalue weighted by Crippen LogP contribution is -2.39. The summed E-state index contributed by atoms with van der Waals surface area (Å²) >= 11 is 6.20. The molecule has 0 unspecified atom stereocenters. The molecule has 0 spiro atoms. The molecule has 6 nitrogen and oxygen atoms in total. The molecule has 2 amide bonds. The number of imide groups is 1. The zero-order valence-corrected chi connectivity index (χ0v) is 14.9. The maximum Gasteiger partial charge on any atom is 0.263 e. The quantitative estimate of drug-likeness (QED) is 0.777. The van der Waals surface area contributed by atoms with Crippen LogP contribution in [0.1, 0.15) is 18.1 Å². The van der Waals surface area contributed by atoms with Crippen LogP contribution in [0.4, 0.5) is 5.69 Å². The summed E-state index contributed by atoms with van der Waals surface area (Å²) in [7, 11) is 0. The highest BCUT2D eigenvalue weighted by atomic mass is 35.5. The second kappa shape index (κ2) is 6.53. The van der Waals surface area contributed by atoms with Crippen LogP contribution in [0.5, 0.6) is 0 Å². The van der Waals surface area contributed by atoms with E-state index in [2.05, 4.69) is 17.3 Å². The number of fused-ring (bicyclic) bond motifs is 1. The van der Waals surface area contributed by atoms with Gasteiger partial charge in [-0.3, -0.25) is 14.6 Å². The third-order valence-corrected chi connectivity index (χ3v) is 5.12. The first-order valence-corrected chi connectivity index (χ1v) is 8.85. The Morgan fingerprint density at radius 3 is 2.46 bits per heavy atom. The van der Waals surface area contributed by atoms with E-state index in [0.717, 1.165) is 17.5 Å². The van der Waals surface area contributed by atoms with E-state index in [1.165, 1.54) is 4.90 Å². The Bertz CT molecular complexity index is 897. The Balaban J connectivity index is 1.60. The molecule has 2 aliphatic heterocycles. The number of anilines is 1. The fraction of sp³-hybridized carbons (Fsp3) is 0.263. The van der Waals surface area contributed by atoms with Crippen molar-refractivity contribution in [1.29, 1.82) is 0 Å². The van der Waals surface area contributed by atoms with Gasteiger partial charge >= 0.3 is 0 Å². The first-order chi connectivity index (χ1) is 12.6. The highest BCUT2D eigenvalue weighted by Gasteiger charge is 2.54. The Morgan fingerprint density at radius 2 is 1.77 bits per heavy atom. The number of hydrogen-bond donors (Lipinski definition) is 0. The number of hydrogen-bond acceptors (Lipinski definition) is 5. The molecule has 132 valence electrons. The lowest BCUT2D eigenvalue weighted by atomic mass is 10.1. The van der Waals surface area contributed by atoms with Gasteiger partial charge in [0, 0.05) is 5.02 Å². The molecule has 0 N–H and O–H groups in total. The summed E-state index contributed by atoms with van der Waals surface area (Å²) in [4.78, 5) is 26.9. The van der Waals surface area contributed by atoms with Crippen molar-refractivity contribution in [3.8, 4) is 0 Å². The zero-order chi connectivity index (χ0) is 18.3. The zero-order valence-electron chi connectivity index (χ0n) is 14.2. The SMILES string of the molecule is CCc1ccc(N2C(=O)[C@@H]3N=NN(Cc4ccccc4Cl)[C@H]3C2=O)cc1. The van der Waals surface area contributed by atoms with E-state index in [-0.39, 0.29) is 11.8 Å². The molecular formula is C19H17ClN4O2. The average Bonchev–Trinajstić information content (AvgIpc) is 3.17. The topological polar surface area (TPSA) is 65.3 Å². The summed E-state index contributed by atoms with van der Waals surface area (Å²) < 4.78 is 0. The maximum atomic E-state index is 12.9. The smallest absolute Gasteiger partial charge is 0.263 e. The molecule has 7 heteroatoms. The largest absolute Gasteiger partial charge is 0.271 e. The molecule has 2 aromatic rings. The van der Waals surface area contributed by atoms with Gasteiger partial charge in [-0.15, -0.1) is 0 Å². The van der Waals surface area contributed by atoms with Crippen LogP contribution in [-0.2, 0) is 22.6 Å². The summed E-state index contributed by atoms with van der Waals surface area (Å²) in [5, 5.41) is 10.2. The molecular weight excluding hydrogens is 352 g/mol. The molecule has 2 aromatic carbocycles. The number of halogens is 1. The molecule has 2 atom stereocenters. The van der Waals surface area contributed by atoms with Gasteiger partial charge in [-0.25, -0.2) is 4.90 Å². The molecule has 0 bridgehead atoms. The van der Waals surface area contributed by atoms with E-state index in [1.54, 1.807) is 23.2 Å². The van der Waals surface area contributed by atoms with Crippen molar-refractivity contribution in [3.63, 3.8) is 0 Å². The Labute approximate surface area is 156 Å². The van der Waals surface area contributed by atoms with Crippen LogP contribution >= 0.6 is 11.6 Å². The van der Waals surface area contributed by atoms with Crippen molar-refractivity contribution >= 4 is 29.1 Å². The van der Waals surface area contributed by atoms with E-state index >= 15 is 0 Å². The van der Waals surface area contributed by atoms with Gasteiger partial charge < -0.3 is 0 Å². The first-order valence-electron chi connectivity index (χ1n) is 8.47. The van der Waals surface area contributed by atoms with Crippen LogP contribution in [-0.4, -0.2) is 28.9 Å². The summed E-state index contributed by atoms with van der Waals surface area (Å²) in [6.45, 7) is 2.38. The van der Waals surface area contributed by atoms with Gasteiger partial charge in [0.05, 0.1) is 12.2 Å². The van der Waals surface area contributed by atoms with E-state index in [4.69, 9.17) is 11.6 Å². The average molecular weight is 369 g/mol. The molecule has 1 saturated heterocycles.